The standard InChI is InChI=1S/C13H17N3O4S/c1-9-4-5-10(7-11(9)21(14,19)20)15-12(17)8-16-6-2-3-13(16)18/h4-5,7H,2-3,6,8H2,1H3,(H,15,17)(H2,14,19,20). The monoisotopic (exact) mass is 311 g/mol. The molecule has 1 saturated heterocycles. The summed E-state index contributed by atoms with van der Waals surface area (Å²) in [7, 11) is -3.84. The maximum absolute atomic E-state index is 11.9. The van der Waals surface area contributed by atoms with E-state index in [-0.39, 0.29) is 23.3 Å². The summed E-state index contributed by atoms with van der Waals surface area (Å²) < 4.78 is 22.9. The smallest absolute Gasteiger partial charge is 0.243 e. The van der Waals surface area contributed by atoms with Crippen molar-refractivity contribution in [3.8, 4) is 0 Å². The van der Waals surface area contributed by atoms with Gasteiger partial charge < -0.3 is 10.2 Å². The third kappa shape index (κ3) is 3.79. The van der Waals surface area contributed by atoms with E-state index in [0.717, 1.165) is 6.42 Å². The lowest BCUT2D eigenvalue weighted by molar-refractivity contribution is -0.131. The number of hydrogen-bond acceptors (Lipinski definition) is 4. The summed E-state index contributed by atoms with van der Waals surface area (Å²) in [6.45, 7) is 2.16. The van der Waals surface area contributed by atoms with Gasteiger partial charge in [-0.3, -0.25) is 9.59 Å². The molecule has 1 fully saturated rings. The first-order valence-electron chi connectivity index (χ1n) is 6.48. The number of hydrogen-bond donors (Lipinski definition) is 2. The van der Waals surface area contributed by atoms with E-state index >= 15 is 0 Å². The minimum Gasteiger partial charge on any atom is -0.333 e. The third-order valence-electron chi connectivity index (χ3n) is 3.28. The fourth-order valence-electron chi connectivity index (χ4n) is 2.23. The first-order valence-corrected chi connectivity index (χ1v) is 8.03. The lowest BCUT2D eigenvalue weighted by Gasteiger charge is -2.15. The molecule has 0 unspecified atom stereocenters. The fourth-order valence-corrected chi connectivity index (χ4v) is 3.04. The van der Waals surface area contributed by atoms with Gasteiger partial charge in [0, 0.05) is 18.7 Å². The number of rotatable bonds is 4. The molecule has 3 N–H and O–H groups in total. The van der Waals surface area contributed by atoms with Gasteiger partial charge in [0.1, 0.15) is 0 Å². The molecule has 0 aromatic heterocycles. The van der Waals surface area contributed by atoms with E-state index < -0.39 is 10.0 Å². The molecule has 0 saturated carbocycles. The van der Waals surface area contributed by atoms with Crippen LogP contribution in [0.25, 0.3) is 0 Å². The van der Waals surface area contributed by atoms with Crippen molar-refractivity contribution in [1.29, 1.82) is 0 Å². The number of nitrogens with two attached hydrogens (primary N) is 1. The van der Waals surface area contributed by atoms with Crippen molar-refractivity contribution >= 4 is 27.5 Å². The van der Waals surface area contributed by atoms with Gasteiger partial charge in [0.25, 0.3) is 0 Å². The van der Waals surface area contributed by atoms with Crippen molar-refractivity contribution < 1.29 is 18.0 Å². The summed E-state index contributed by atoms with van der Waals surface area (Å²) in [4.78, 5) is 24.8. The molecular formula is C13H17N3O4S. The summed E-state index contributed by atoms with van der Waals surface area (Å²) >= 11 is 0. The highest BCUT2D eigenvalue weighted by atomic mass is 32.2. The summed E-state index contributed by atoms with van der Waals surface area (Å²) in [5.74, 6) is -0.409. The molecule has 0 radical (unpaired) electrons. The molecule has 0 spiro atoms. The molecule has 2 rings (SSSR count). The Morgan fingerprint density at radius 3 is 2.71 bits per heavy atom. The van der Waals surface area contributed by atoms with Gasteiger partial charge in [-0.05, 0) is 31.0 Å². The highest BCUT2D eigenvalue weighted by Crippen LogP contribution is 2.19. The lowest BCUT2D eigenvalue weighted by atomic mass is 10.2. The topological polar surface area (TPSA) is 110 Å². The molecule has 8 heteroatoms. The van der Waals surface area contributed by atoms with Crippen LogP contribution in [0.2, 0.25) is 0 Å². The zero-order valence-electron chi connectivity index (χ0n) is 11.6. The number of sulfonamides is 1. The highest BCUT2D eigenvalue weighted by Gasteiger charge is 2.22. The van der Waals surface area contributed by atoms with Crippen molar-refractivity contribution in [3.05, 3.63) is 23.8 Å². The van der Waals surface area contributed by atoms with Crippen LogP contribution in [0.1, 0.15) is 18.4 Å². The molecule has 1 aliphatic heterocycles. The number of anilines is 1. The molecule has 1 heterocycles. The highest BCUT2D eigenvalue weighted by molar-refractivity contribution is 7.89. The average Bonchev–Trinajstić information content (AvgIpc) is 2.76. The van der Waals surface area contributed by atoms with Crippen molar-refractivity contribution in [2.24, 2.45) is 5.14 Å². The Bertz CT molecular complexity index is 685. The van der Waals surface area contributed by atoms with Gasteiger partial charge in [-0.15, -0.1) is 0 Å². The maximum atomic E-state index is 11.9. The van der Waals surface area contributed by atoms with Gasteiger partial charge in [0.15, 0.2) is 0 Å². The Morgan fingerprint density at radius 1 is 1.43 bits per heavy atom. The zero-order chi connectivity index (χ0) is 15.6. The Hall–Kier alpha value is -1.93. The van der Waals surface area contributed by atoms with Crippen LogP contribution in [0.15, 0.2) is 23.1 Å². The number of likely N-dealkylation sites (tertiary alicyclic amines) is 1. The van der Waals surface area contributed by atoms with Crippen molar-refractivity contribution in [3.63, 3.8) is 0 Å². The summed E-state index contributed by atoms with van der Waals surface area (Å²) in [6, 6.07) is 4.47. The predicted octanol–water partition coefficient (Wildman–Crippen LogP) is 0.203. The SMILES string of the molecule is Cc1ccc(NC(=O)CN2CCCC2=O)cc1S(N)(=O)=O. The van der Waals surface area contributed by atoms with Crippen LogP contribution in [-0.4, -0.2) is 38.2 Å². The Labute approximate surface area is 123 Å². The van der Waals surface area contributed by atoms with Gasteiger partial charge in [-0.2, -0.15) is 0 Å². The van der Waals surface area contributed by atoms with Crippen LogP contribution >= 0.6 is 0 Å². The van der Waals surface area contributed by atoms with Gasteiger partial charge in [0.2, 0.25) is 21.8 Å². The Kier molecular flexibility index (Phi) is 4.29. The Balaban J connectivity index is 2.09. The van der Waals surface area contributed by atoms with E-state index in [1.54, 1.807) is 19.1 Å². The number of carbonyl (C=O) groups is 2. The lowest BCUT2D eigenvalue weighted by Crippen LogP contribution is -2.34. The van der Waals surface area contributed by atoms with Gasteiger partial charge in [0.05, 0.1) is 11.4 Å². The van der Waals surface area contributed by atoms with Crippen LogP contribution in [0.4, 0.5) is 5.69 Å². The molecule has 1 aromatic carbocycles. The second-order valence-corrected chi connectivity index (χ2v) is 6.52. The molecule has 114 valence electrons. The largest absolute Gasteiger partial charge is 0.333 e. The van der Waals surface area contributed by atoms with Crippen LogP contribution in [0, 0.1) is 6.92 Å². The molecule has 1 aliphatic rings. The number of nitrogens with one attached hydrogen (secondary N) is 1. The second-order valence-electron chi connectivity index (χ2n) is 4.99. The fraction of sp³-hybridized carbons (Fsp3) is 0.385. The van der Waals surface area contributed by atoms with Gasteiger partial charge in [-0.25, -0.2) is 13.6 Å². The first kappa shape index (κ1) is 15.5. The average molecular weight is 311 g/mol. The molecular weight excluding hydrogens is 294 g/mol. The minimum absolute atomic E-state index is 0.0300. The normalized spacial score (nSPS) is 15.3. The first-order chi connectivity index (χ1) is 9.77. The number of aryl methyl sites for hydroxylation is 1. The summed E-state index contributed by atoms with van der Waals surface area (Å²) in [5, 5.41) is 7.69. The second kappa shape index (κ2) is 5.82. The van der Waals surface area contributed by atoms with E-state index in [4.69, 9.17) is 5.14 Å². The van der Waals surface area contributed by atoms with Gasteiger partial charge in [-0.1, -0.05) is 6.07 Å². The number of benzene rings is 1. The van der Waals surface area contributed by atoms with Crippen LogP contribution in [0.3, 0.4) is 0 Å². The van der Waals surface area contributed by atoms with Crippen LogP contribution in [0.5, 0.6) is 0 Å². The minimum atomic E-state index is -3.84. The number of primary sulfonamides is 1. The molecule has 2 amide bonds. The molecule has 0 bridgehead atoms. The quantitative estimate of drug-likeness (QED) is 0.828. The molecule has 0 aliphatic carbocycles. The summed E-state index contributed by atoms with van der Waals surface area (Å²) in [6.07, 6.45) is 1.22. The van der Waals surface area contributed by atoms with Crippen LogP contribution < -0.4 is 10.5 Å². The van der Waals surface area contributed by atoms with Crippen molar-refractivity contribution in [2.75, 3.05) is 18.4 Å². The van der Waals surface area contributed by atoms with E-state index in [1.807, 2.05) is 0 Å². The molecule has 21 heavy (non-hydrogen) atoms. The van der Waals surface area contributed by atoms with E-state index in [1.165, 1.54) is 11.0 Å². The van der Waals surface area contributed by atoms with Gasteiger partial charge >= 0.3 is 0 Å². The van der Waals surface area contributed by atoms with Crippen molar-refractivity contribution in [1.82, 2.24) is 4.90 Å². The molecule has 0 atom stereocenters. The summed E-state index contributed by atoms with van der Waals surface area (Å²) in [5.41, 5.74) is 0.839. The van der Waals surface area contributed by atoms with E-state index in [9.17, 15) is 18.0 Å². The zero-order valence-corrected chi connectivity index (χ0v) is 12.4. The van der Waals surface area contributed by atoms with Crippen molar-refractivity contribution in [2.45, 2.75) is 24.7 Å². The van der Waals surface area contributed by atoms with E-state index in [2.05, 4.69) is 5.32 Å². The predicted molar refractivity (Wildman–Crippen MR) is 77.0 cm³/mol. The molecule has 1 aromatic rings. The maximum Gasteiger partial charge on any atom is 0.243 e. The van der Waals surface area contributed by atoms with E-state index in [0.29, 0.717) is 24.2 Å². The third-order valence-corrected chi connectivity index (χ3v) is 4.34. The number of carbonyl (C=O) groups excluding carboxylic acids is 2. The van der Waals surface area contributed by atoms with Crippen LogP contribution in [-0.2, 0) is 19.6 Å². The molecule has 7 nitrogen and oxygen atoms in total. The Morgan fingerprint density at radius 2 is 2.14 bits per heavy atom. The number of nitrogens with zero attached hydrogens (tertiary/aromatic N) is 1. The number of amides is 2.